The second-order valence-corrected chi connectivity index (χ2v) is 10.6. The van der Waals surface area contributed by atoms with Gasteiger partial charge in [-0.05, 0) is 86.0 Å². The van der Waals surface area contributed by atoms with Crippen LogP contribution in [0.2, 0.25) is 0 Å². The summed E-state index contributed by atoms with van der Waals surface area (Å²) in [5.41, 5.74) is 8.77. The average molecular weight is 555 g/mol. The lowest BCUT2D eigenvalue weighted by Gasteiger charge is -2.40. The summed E-state index contributed by atoms with van der Waals surface area (Å²) in [5, 5.41) is 19.0. The average Bonchev–Trinajstić information content (AvgIpc) is 3.34. The van der Waals surface area contributed by atoms with Crippen molar-refractivity contribution in [3.63, 3.8) is 0 Å². The summed E-state index contributed by atoms with van der Waals surface area (Å²) in [6.45, 7) is 6.22. The van der Waals surface area contributed by atoms with Gasteiger partial charge in [-0.3, -0.25) is 0 Å². The van der Waals surface area contributed by atoms with Crippen molar-refractivity contribution in [2.75, 3.05) is 17.3 Å². The largest absolute Gasteiger partial charge is 0.504 e. The van der Waals surface area contributed by atoms with Crippen molar-refractivity contribution >= 4 is 34.6 Å². The van der Waals surface area contributed by atoms with E-state index >= 15 is 0 Å². The molecule has 0 spiro atoms. The third-order valence-electron chi connectivity index (χ3n) is 7.93. The van der Waals surface area contributed by atoms with E-state index in [2.05, 4.69) is 48.3 Å². The van der Waals surface area contributed by atoms with E-state index in [9.17, 15) is 5.11 Å². The quantitative estimate of drug-likeness (QED) is 0.243. The van der Waals surface area contributed by atoms with Crippen molar-refractivity contribution in [3.8, 4) is 17.2 Å². The Kier molecular flexibility index (Phi) is 6.04. The van der Waals surface area contributed by atoms with E-state index in [0.29, 0.717) is 17.4 Å². The zero-order valence-electron chi connectivity index (χ0n) is 23.8. The molecule has 1 atom stereocenters. The molecule has 4 aromatic carbocycles. The smallest absolute Gasteiger partial charge is 0.179 e. The van der Waals surface area contributed by atoms with Crippen LogP contribution in [-0.4, -0.2) is 33.7 Å². The molecule has 8 heteroatoms. The molecule has 0 radical (unpaired) electrons. The van der Waals surface area contributed by atoms with Crippen LogP contribution in [0.15, 0.2) is 101 Å². The van der Waals surface area contributed by atoms with Gasteiger partial charge in [-0.25, -0.2) is 14.7 Å². The number of nitrogens with zero attached hydrogens (tertiary/aromatic N) is 5. The van der Waals surface area contributed by atoms with Gasteiger partial charge in [0.25, 0.3) is 0 Å². The van der Waals surface area contributed by atoms with Crippen LogP contribution < -0.4 is 15.0 Å². The number of fused-ring (bicyclic) bond motifs is 4. The first kappa shape index (κ1) is 25.6. The fourth-order valence-corrected chi connectivity index (χ4v) is 5.68. The van der Waals surface area contributed by atoms with Crippen molar-refractivity contribution < 1.29 is 9.84 Å². The summed E-state index contributed by atoms with van der Waals surface area (Å²) in [5.74, 6) is 2.53. The Balaban J connectivity index is 1.50. The zero-order valence-corrected chi connectivity index (χ0v) is 23.8. The fourth-order valence-electron chi connectivity index (χ4n) is 5.68. The van der Waals surface area contributed by atoms with Crippen molar-refractivity contribution in [3.05, 3.63) is 119 Å². The lowest BCUT2D eigenvalue weighted by Crippen LogP contribution is -2.46. The molecule has 2 aliphatic heterocycles. The van der Waals surface area contributed by atoms with E-state index in [-0.39, 0.29) is 11.8 Å². The highest BCUT2D eigenvalue weighted by molar-refractivity contribution is 6.51. The Bertz CT molecular complexity index is 1910. The van der Waals surface area contributed by atoms with E-state index in [0.717, 1.165) is 45.4 Å². The summed E-state index contributed by atoms with van der Waals surface area (Å²) < 4.78 is 7.44. The molecule has 2 aliphatic rings. The van der Waals surface area contributed by atoms with Gasteiger partial charge in [-0.15, -0.1) is 0 Å². The Morgan fingerprint density at radius 2 is 1.62 bits per heavy atom. The van der Waals surface area contributed by atoms with E-state index in [1.807, 2.05) is 72.3 Å². The Morgan fingerprint density at radius 1 is 0.833 bits per heavy atom. The molecule has 2 N–H and O–H groups in total. The number of aryl methyl sites for hydroxylation is 3. The maximum absolute atomic E-state index is 10.5. The summed E-state index contributed by atoms with van der Waals surface area (Å²) in [7, 11) is 1.56. The summed E-state index contributed by atoms with van der Waals surface area (Å²) in [6.07, 6.45) is 0. The number of aromatic nitrogens is 2. The standard InChI is InChI=1S/C34H30N6O2/c1-20-14-16-24(18-21(20)2)35-32-34-37-33-30(22(3)38-40(33)25-10-6-5-7-11-25)31(23-15-17-28(41)29(19-23)42-4)39(34)27-13-9-8-12-26(27)36-32/h5-19,31,41H,1-4H3,(H,35,36). The minimum Gasteiger partial charge on any atom is -0.504 e. The number of hydrogen-bond donors (Lipinski definition) is 2. The van der Waals surface area contributed by atoms with Crippen LogP contribution in [0.25, 0.3) is 5.69 Å². The third-order valence-corrected chi connectivity index (χ3v) is 7.93. The maximum Gasteiger partial charge on any atom is 0.179 e. The van der Waals surface area contributed by atoms with Gasteiger partial charge in [0.2, 0.25) is 0 Å². The molecular formula is C34H30N6O2. The molecule has 1 aromatic heterocycles. The monoisotopic (exact) mass is 554 g/mol. The fraction of sp³-hybridized carbons (Fsp3) is 0.147. The van der Waals surface area contributed by atoms with Crippen LogP contribution in [0.4, 0.5) is 22.9 Å². The van der Waals surface area contributed by atoms with Crippen LogP contribution in [0.1, 0.15) is 34.0 Å². The van der Waals surface area contributed by atoms with Gasteiger partial charge in [0.05, 0.1) is 35.9 Å². The number of ether oxygens (including phenoxy) is 1. The van der Waals surface area contributed by atoms with Crippen LogP contribution in [0.5, 0.6) is 11.5 Å². The Morgan fingerprint density at radius 3 is 2.40 bits per heavy atom. The third kappa shape index (κ3) is 4.11. The molecule has 7 rings (SSSR count). The first-order valence-corrected chi connectivity index (χ1v) is 13.8. The van der Waals surface area contributed by atoms with Crippen molar-refractivity contribution in [2.24, 2.45) is 9.98 Å². The molecule has 0 saturated carbocycles. The number of anilines is 2. The Hall–Kier alpha value is -5.37. The van der Waals surface area contributed by atoms with Gasteiger partial charge in [-0.1, -0.05) is 42.5 Å². The van der Waals surface area contributed by atoms with Gasteiger partial charge in [-0.2, -0.15) is 5.10 Å². The zero-order chi connectivity index (χ0) is 29.0. The second-order valence-electron chi connectivity index (χ2n) is 10.6. The minimum absolute atomic E-state index is 0.0839. The first-order chi connectivity index (χ1) is 20.4. The van der Waals surface area contributed by atoms with Gasteiger partial charge in [0.1, 0.15) is 0 Å². The van der Waals surface area contributed by atoms with Crippen LogP contribution in [-0.2, 0) is 0 Å². The summed E-state index contributed by atoms with van der Waals surface area (Å²) >= 11 is 0. The van der Waals surface area contributed by atoms with E-state index in [1.54, 1.807) is 13.2 Å². The molecule has 0 aliphatic carbocycles. The summed E-state index contributed by atoms with van der Waals surface area (Å²) in [4.78, 5) is 12.6. The SMILES string of the molecule is COc1cc(C2c3c(C)nn(-c4ccccc4)c3N=C3C(Nc4ccc(C)c(C)c4)=Nc4ccccc4N32)ccc1O. The van der Waals surface area contributed by atoms with Gasteiger partial charge in [0, 0.05) is 11.3 Å². The number of nitrogens with one attached hydrogen (secondary N) is 1. The minimum atomic E-state index is -0.326. The highest BCUT2D eigenvalue weighted by Gasteiger charge is 2.41. The number of aliphatic imine (C=N–C) groups is 2. The molecule has 3 heterocycles. The van der Waals surface area contributed by atoms with E-state index < -0.39 is 0 Å². The number of amidine groups is 2. The molecule has 1 unspecified atom stereocenters. The second kappa shape index (κ2) is 9.92. The molecule has 0 amide bonds. The van der Waals surface area contributed by atoms with Crippen molar-refractivity contribution in [2.45, 2.75) is 26.8 Å². The predicted molar refractivity (Wildman–Crippen MR) is 167 cm³/mol. The lowest BCUT2D eigenvalue weighted by molar-refractivity contribution is 0.372. The van der Waals surface area contributed by atoms with Crippen LogP contribution >= 0.6 is 0 Å². The molecule has 208 valence electrons. The number of benzene rings is 4. The molecule has 0 saturated heterocycles. The van der Waals surface area contributed by atoms with Gasteiger partial charge >= 0.3 is 0 Å². The van der Waals surface area contributed by atoms with Crippen LogP contribution in [0.3, 0.4) is 0 Å². The van der Waals surface area contributed by atoms with E-state index in [1.165, 1.54) is 11.1 Å². The van der Waals surface area contributed by atoms with Crippen LogP contribution in [0, 0.1) is 20.8 Å². The summed E-state index contributed by atoms with van der Waals surface area (Å²) in [6, 6.07) is 29.6. The number of rotatable bonds is 4. The number of aromatic hydroxyl groups is 1. The predicted octanol–water partition coefficient (Wildman–Crippen LogP) is 7.31. The topological polar surface area (TPSA) is 87.3 Å². The van der Waals surface area contributed by atoms with Gasteiger partial charge < -0.3 is 20.1 Å². The highest BCUT2D eigenvalue weighted by atomic mass is 16.5. The highest BCUT2D eigenvalue weighted by Crippen LogP contribution is 2.49. The van der Waals surface area contributed by atoms with Gasteiger partial charge in [0.15, 0.2) is 29.0 Å². The maximum atomic E-state index is 10.5. The lowest BCUT2D eigenvalue weighted by atomic mass is 9.93. The first-order valence-electron chi connectivity index (χ1n) is 13.8. The molecule has 0 bridgehead atoms. The van der Waals surface area contributed by atoms with E-state index in [4.69, 9.17) is 19.8 Å². The molecule has 5 aromatic rings. The number of phenols is 1. The number of phenolic OH excluding ortho intramolecular Hbond substituents is 1. The van der Waals surface area contributed by atoms with Crippen molar-refractivity contribution in [1.82, 2.24) is 9.78 Å². The van der Waals surface area contributed by atoms with Crippen molar-refractivity contribution in [1.29, 1.82) is 0 Å². The molecule has 8 nitrogen and oxygen atoms in total. The number of hydrogen-bond acceptors (Lipinski definition) is 7. The normalized spacial score (nSPS) is 15.2. The molecular weight excluding hydrogens is 524 g/mol. The number of para-hydroxylation sites is 3. The molecule has 0 fully saturated rings. The Labute approximate surface area is 244 Å². The number of methoxy groups -OCH3 is 1. The molecule has 42 heavy (non-hydrogen) atoms.